The molecule has 2 aromatic rings. The van der Waals surface area contributed by atoms with Crippen molar-refractivity contribution in [3.05, 3.63) is 65.5 Å². The normalized spacial score (nSPS) is 18.5. The fourth-order valence-electron chi connectivity index (χ4n) is 4.66. The highest BCUT2D eigenvalue weighted by Gasteiger charge is 2.39. The van der Waals surface area contributed by atoms with Crippen LogP contribution in [-0.2, 0) is 32.6 Å². The molecule has 2 fully saturated rings. The van der Waals surface area contributed by atoms with E-state index in [1.165, 1.54) is 21.3 Å². The van der Waals surface area contributed by atoms with Crippen LogP contribution in [0.1, 0.15) is 37.3 Å². The zero-order chi connectivity index (χ0) is 24.3. The second-order valence-electron chi connectivity index (χ2n) is 8.88. The third-order valence-electron chi connectivity index (χ3n) is 6.59. The molecule has 0 aromatic heterocycles. The molecule has 2 saturated heterocycles. The van der Waals surface area contributed by atoms with Crippen LogP contribution in [0, 0.1) is 5.82 Å². The lowest BCUT2D eigenvalue weighted by Gasteiger charge is -2.41. The van der Waals surface area contributed by atoms with Crippen molar-refractivity contribution < 1.29 is 22.4 Å². The Kier molecular flexibility index (Phi) is 7.33. The summed E-state index contributed by atoms with van der Waals surface area (Å²) in [6.07, 6.45) is 2.89. The van der Waals surface area contributed by atoms with Crippen molar-refractivity contribution in [1.29, 1.82) is 0 Å². The number of hydrogen-bond donors (Lipinski definition) is 0. The van der Waals surface area contributed by atoms with Gasteiger partial charge in [0, 0.05) is 38.8 Å². The lowest BCUT2D eigenvalue weighted by atomic mass is 10.0. The van der Waals surface area contributed by atoms with Crippen LogP contribution in [0.4, 0.5) is 4.39 Å². The molecule has 2 heterocycles. The predicted molar refractivity (Wildman–Crippen MR) is 126 cm³/mol. The number of piperazine rings is 1. The maximum atomic E-state index is 13.1. The molecule has 182 valence electrons. The summed E-state index contributed by atoms with van der Waals surface area (Å²) in [5.74, 6) is -1.48. The van der Waals surface area contributed by atoms with Gasteiger partial charge in [-0.05, 0) is 54.7 Å². The summed E-state index contributed by atoms with van der Waals surface area (Å²) < 4.78 is 40.7. The van der Waals surface area contributed by atoms with E-state index >= 15 is 0 Å². The van der Waals surface area contributed by atoms with Gasteiger partial charge in [0.05, 0.1) is 4.90 Å². The highest BCUT2D eigenvalue weighted by Crippen LogP contribution is 2.25. The molecule has 2 aliphatic heterocycles. The minimum Gasteiger partial charge on any atom is -0.330 e. The number of hydrogen-bond acceptors (Lipinski definition) is 4. The number of rotatable bonds is 7. The van der Waals surface area contributed by atoms with E-state index in [9.17, 15) is 22.4 Å². The third kappa shape index (κ3) is 5.15. The van der Waals surface area contributed by atoms with Crippen molar-refractivity contribution in [3.63, 3.8) is 0 Å². The average Bonchev–Trinajstić information content (AvgIpc) is 2.84. The molecule has 2 aliphatic rings. The van der Waals surface area contributed by atoms with E-state index in [2.05, 4.69) is 6.92 Å². The summed E-state index contributed by atoms with van der Waals surface area (Å²) in [5.41, 5.74) is 1.87. The molecule has 0 aliphatic carbocycles. The first kappa shape index (κ1) is 24.3. The minimum atomic E-state index is -3.59. The number of carbonyl (C=O) groups is 2. The van der Waals surface area contributed by atoms with Gasteiger partial charge < -0.3 is 9.80 Å². The number of halogens is 1. The molecular formula is C25H30FN3O4S. The first-order valence-electron chi connectivity index (χ1n) is 11.7. The Balaban J connectivity index is 1.34. The number of piperidine rings is 1. The molecular weight excluding hydrogens is 457 g/mol. The van der Waals surface area contributed by atoms with Crippen LogP contribution in [0.15, 0.2) is 53.4 Å². The van der Waals surface area contributed by atoms with E-state index in [0.29, 0.717) is 39.0 Å². The Morgan fingerprint density at radius 3 is 2.09 bits per heavy atom. The molecule has 0 spiro atoms. The van der Waals surface area contributed by atoms with Crippen LogP contribution in [0.2, 0.25) is 0 Å². The van der Waals surface area contributed by atoms with E-state index in [0.717, 1.165) is 24.0 Å². The van der Waals surface area contributed by atoms with Crippen LogP contribution >= 0.6 is 0 Å². The summed E-state index contributed by atoms with van der Waals surface area (Å²) in [4.78, 5) is 28.8. The van der Waals surface area contributed by atoms with Gasteiger partial charge in [0.1, 0.15) is 5.82 Å². The Hall–Kier alpha value is -2.78. The van der Waals surface area contributed by atoms with Gasteiger partial charge in [-0.3, -0.25) is 9.59 Å². The number of benzene rings is 2. The molecule has 0 radical (unpaired) electrons. The molecule has 0 atom stereocenters. The molecule has 7 nitrogen and oxygen atoms in total. The van der Waals surface area contributed by atoms with Gasteiger partial charge in [0.2, 0.25) is 10.0 Å². The number of nitrogens with zero attached hydrogens (tertiary/aromatic N) is 3. The Labute approximate surface area is 200 Å². The topological polar surface area (TPSA) is 78.0 Å². The van der Waals surface area contributed by atoms with Crippen LogP contribution in [0.3, 0.4) is 0 Å². The average molecular weight is 488 g/mol. The second-order valence-corrected chi connectivity index (χ2v) is 10.8. The van der Waals surface area contributed by atoms with Crippen molar-refractivity contribution in [1.82, 2.24) is 14.1 Å². The fraction of sp³-hybridized carbons (Fsp3) is 0.440. The smallest absolute Gasteiger partial charge is 0.312 e. The van der Waals surface area contributed by atoms with Crippen LogP contribution in [-0.4, -0.2) is 66.6 Å². The molecule has 0 bridgehead atoms. The number of sulfonamides is 1. The predicted octanol–water partition coefficient (Wildman–Crippen LogP) is 2.80. The summed E-state index contributed by atoms with van der Waals surface area (Å²) in [6.45, 7) is 3.75. The maximum absolute atomic E-state index is 13.1. The molecule has 0 saturated carbocycles. The second kappa shape index (κ2) is 10.2. The Bertz CT molecular complexity index is 1130. The van der Waals surface area contributed by atoms with Gasteiger partial charge in [-0.2, -0.15) is 4.31 Å². The third-order valence-corrected chi connectivity index (χ3v) is 8.51. The Morgan fingerprint density at radius 2 is 1.47 bits per heavy atom. The summed E-state index contributed by atoms with van der Waals surface area (Å²) >= 11 is 0. The summed E-state index contributed by atoms with van der Waals surface area (Å²) in [5, 5.41) is 0. The van der Waals surface area contributed by atoms with Gasteiger partial charge in [-0.1, -0.05) is 37.6 Å². The van der Waals surface area contributed by atoms with Gasteiger partial charge in [-0.25, -0.2) is 12.8 Å². The zero-order valence-electron chi connectivity index (χ0n) is 19.3. The summed E-state index contributed by atoms with van der Waals surface area (Å²) in [7, 11) is -3.59. The Morgan fingerprint density at radius 1 is 0.853 bits per heavy atom. The highest BCUT2D eigenvalue weighted by molar-refractivity contribution is 7.89. The number of amides is 2. The number of aryl methyl sites for hydroxylation is 1. The van der Waals surface area contributed by atoms with E-state index in [1.807, 2.05) is 12.1 Å². The van der Waals surface area contributed by atoms with Crippen LogP contribution < -0.4 is 0 Å². The minimum absolute atomic E-state index is 0.164. The standard InChI is InChI=1S/C25H30FN3O4S/c1-2-3-19-6-10-23(11-7-19)34(32,33)28-14-12-22(13-15-28)29-17-16-27(24(30)25(29)31)18-20-4-8-21(26)9-5-20/h4-11,22H,2-3,12-18H2,1H3. The molecule has 4 rings (SSSR count). The van der Waals surface area contributed by atoms with Crippen LogP contribution in [0.5, 0.6) is 0 Å². The van der Waals surface area contributed by atoms with Crippen molar-refractivity contribution in [2.24, 2.45) is 0 Å². The fourth-order valence-corrected chi connectivity index (χ4v) is 6.13. The molecule has 0 N–H and O–H groups in total. The molecule has 34 heavy (non-hydrogen) atoms. The highest BCUT2D eigenvalue weighted by atomic mass is 32.2. The molecule has 2 amide bonds. The van der Waals surface area contributed by atoms with Gasteiger partial charge in [0.15, 0.2) is 0 Å². The van der Waals surface area contributed by atoms with Crippen molar-refractivity contribution in [3.8, 4) is 0 Å². The lowest BCUT2D eigenvalue weighted by Crippen LogP contribution is -2.58. The molecule has 0 unspecified atom stereocenters. The monoisotopic (exact) mass is 487 g/mol. The van der Waals surface area contributed by atoms with E-state index < -0.39 is 21.8 Å². The van der Waals surface area contributed by atoms with Gasteiger partial charge in [-0.15, -0.1) is 0 Å². The SMILES string of the molecule is CCCc1ccc(S(=O)(=O)N2CCC(N3CCN(Cc4ccc(F)cc4)C(=O)C3=O)CC2)cc1. The van der Waals surface area contributed by atoms with E-state index in [4.69, 9.17) is 0 Å². The quantitative estimate of drug-likeness (QED) is 0.563. The largest absolute Gasteiger partial charge is 0.330 e. The molecule has 2 aromatic carbocycles. The van der Waals surface area contributed by atoms with Gasteiger partial charge in [0.25, 0.3) is 0 Å². The first-order valence-corrected chi connectivity index (χ1v) is 13.2. The summed E-state index contributed by atoms with van der Waals surface area (Å²) in [6, 6.07) is 12.8. The zero-order valence-corrected chi connectivity index (χ0v) is 20.1. The van der Waals surface area contributed by atoms with Crippen molar-refractivity contribution in [2.75, 3.05) is 26.2 Å². The first-order chi connectivity index (χ1) is 16.3. The number of carbonyl (C=O) groups excluding carboxylic acids is 2. The maximum Gasteiger partial charge on any atom is 0.312 e. The van der Waals surface area contributed by atoms with Crippen molar-refractivity contribution >= 4 is 21.8 Å². The van der Waals surface area contributed by atoms with E-state index in [1.54, 1.807) is 29.2 Å². The molecule has 9 heteroatoms. The van der Waals surface area contributed by atoms with Crippen molar-refractivity contribution in [2.45, 2.75) is 50.1 Å². The lowest BCUT2D eigenvalue weighted by molar-refractivity contribution is -0.158. The van der Waals surface area contributed by atoms with Crippen LogP contribution in [0.25, 0.3) is 0 Å². The van der Waals surface area contributed by atoms with Gasteiger partial charge >= 0.3 is 11.8 Å². The van der Waals surface area contributed by atoms with E-state index in [-0.39, 0.29) is 23.3 Å².